The van der Waals surface area contributed by atoms with Crippen molar-refractivity contribution in [1.29, 1.82) is 0 Å². The number of nitrogens with one attached hydrogen (secondary N) is 4. The molecule has 3 amide bonds. The Hall–Kier alpha value is -3.47. The maximum atomic E-state index is 13.6. The average Bonchev–Trinajstić information content (AvgIpc) is 3.37. The number of rotatable bonds is 6. The number of nitrogens with zero attached hydrogens (tertiary/aromatic N) is 3. The van der Waals surface area contributed by atoms with Crippen molar-refractivity contribution in [3.63, 3.8) is 0 Å². The molecule has 2 aliphatic rings. The maximum absolute atomic E-state index is 13.6. The van der Waals surface area contributed by atoms with Gasteiger partial charge in [-0.2, -0.15) is 9.61 Å². The Balaban J connectivity index is 1.50. The summed E-state index contributed by atoms with van der Waals surface area (Å²) in [5, 5.41) is 15.7. The molecule has 0 spiro atoms. The first-order chi connectivity index (χ1) is 15.0. The van der Waals surface area contributed by atoms with Gasteiger partial charge in [-0.3, -0.25) is 10.1 Å². The van der Waals surface area contributed by atoms with Gasteiger partial charge in [-0.15, -0.1) is 0 Å². The molecule has 31 heavy (non-hydrogen) atoms. The van der Waals surface area contributed by atoms with E-state index in [1.54, 1.807) is 16.8 Å². The molecular weight excluding hydrogens is 469 g/mol. The van der Waals surface area contributed by atoms with Crippen LogP contribution in [-0.4, -0.2) is 32.6 Å². The van der Waals surface area contributed by atoms with E-state index in [1.165, 1.54) is 18.2 Å². The topological polar surface area (TPSA) is 112 Å². The minimum atomic E-state index is -0.570. The van der Waals surface area contributed by atoms with E-state index in [0.29, 0.717) is 29.6 Å². The first-order valence-electron chi connectivity index (χ1n) is 9.63. The molecule has 1 saturated carbocycles. The molecule has 4 N–H and O–H groups in total. The van der Waals surface area contributed by atoms with Gasteiger partial charge in [0, 0.05) is 28.7 Å². The summed E-state index contributed by atoms with van der Waals surface area (Å²) in [5.74, 6) is 0.483. The summed E-state index contributed by atoms with van der Waals surface area (Å²) in [7, 11) is 0. The van der Waals surface area contributed by atoms with E-state index in [-0.39, 0.29) is 11.5 Å². The van der Waals surface area contributed by atoms with Gasteiger partial charge in [0.1, 0.15) is 23.1 Å². The number of fused-ring (bicyclic) bond motifs is 1. The first kappa shape index (κ1) is 19.5. The lowest BCUT2D eigenvalue weighted by Crippen LogP contribution is -2.22. The second-order valence-electron chi connectivity index (χ2n) is 7.34. The predicted molar refractivity (Wildman–Crippen MR) is 116 cm³/mol. The van der Waals surface area contributed by atoms with Crippen molar-refractivity contribution in [1.82, 2.24) is 25.2 Å². The molecule has 9 nitrogen and oxygen atoms in total. The van der Waals surface area contributed by atoms with Crippen molar-refractivity contribution in [2.45, 2.75) is 25.4 Å². The molecule has 11 heteroatoms. The molecule has 3 aromatic rings. The molecule has 158 valence electrons. The van der Waals surface area contributed by atoms with Crippen molar-refractivity contribution < 1.29 is 14.0 Å². The maximum Gasteiger partial charge on any atom is 0.326 e. The lowest BCUT2D eigenvalue weighted by atomic mass is 10.2. The zero-order chi connectivity index (χ0) is 21.5. The fraction of sp³-hybridized carbons (Fsp3) is 0.200. The van der Waals surface area contributed by atoms with Crippen LogP contribution in [0.5, 0.6) is 0 Å². The van der Waals surface area contributed by atoms with E-state index >= 15 is 0 Å². The number of hydrogen-bond acceptors (Lipinski definition) is 6. The Kier molecular flexibility index (Phi) is 4.81. The van der Waals surface area contributed by atoms with Gasteiger partial charge in [-0.1, -0.05) is 15.9 Å². The summed E-state index contributed by atoms with van der Waals surface area (Å²) >= 11 is 3.43. The highest BCUT2D eigenvalue weighted by molar-refractivity contribution is 9.10. The van der Waals surface area contributed by atoms with Crippen LogP contribution in [0.25, 0.3) is 11.7 Å². The Labute approximate surface area is 184 Å². The molecule has 2 fully saturated rings. The largest absolute Gasteiger partial charge is 0.367 e. The van der Waals surface area contributed by atoms with Crippen LogP contribution >= 0.6 is 15.9 Å². The molecule has 0 radical (unpaired) electrons. The second kappa shape index (κ2) is 7.65. The number of carbonyl (C=O) groups excluding carboxylic acids is 2. The highest BCUT2D eigenvalue weighted by atomic mass is 79.9. The van der Waals surface area contributed by atoms with Gasteiger partial charge in [0.15, 0.2) is 5.65 Å². The van der Waals surface area contributed by atoms with E-state index in [9.17, 15) is 14.0 Å². The van der Waals surface area contributed by atoms with Crippen LogP contribution in [0.4, 0.5) is 20.8 Å². The molecule has 1 saturated heterocycles. The smallest absolute Gasteiger partial charge is 0.326 e. The van der Waals surface area contributed by atoms with Crippen molar-refractivity contribution in [3.05, 3.63) is 57.6 Å². The minimum absolute atomic E-state index is 0.125. The zero-order valence-corrected chi connectivity index (χ0v) is 17.7. The summed E-state index contributed by atoms with van der Waals surface area (Å²) in [6, 6.07) is 6.15. The van der Waals surface area contributed by atoms with Crippen LogP contribution in [0.1, 0.15) is 24.0 Å². The van der Waals surface area contributed by atoms with Crippen LogP contribution in [0.2, 0.25) is 0 Å². The van der Waals surface area contributed by atoms with E-state index in [0.717, 1.165) is 28.7 Å². The van der Waals surface area contributed by atoms with Gasteiger partial charge < -0.3 is 16.0 Å². The van der Waals surface area contributed by atoms with Gasteiger partial charge in [0.2, 0.25) is 0 Å². The standard InChI is InChI=1S/C20H17BrFN7O2/c21-14-4-1-12(22)5-10(14)8-23-16-7-17(25-13-2-3-13)29-18(27-16)11(9-24-29)6-15-19(30)28-20(31)26-15/h1,4-7,9,13,25H,2-3,8H2,(H,23,27)(H2,26,28,30,31). The summed E-state index contributed by atoms with van der Waals surface area (Å²) in [6.45, 7) is 0.355. The number of urea groups is 1. The molecule has 0 atom stereocenters. The molecule has 1 aromatic carbocycles. The van der Waals surface area contributed by atoms with E-state index in [1.807, 2.05) is 6.07 Å². The number of carbonyl (C=O) groups is 2. The molecule has 3 heterocycles. The minimum Gasteiger partial charge on any atom is -0.367 e. The number of amides is 3. The Morgan fingerprint density at radius 3 is 2.84 bits per heavy atom. The summed E-state index contributed by atoms with van der Waals surface area (Å²) in [5.41, 5.74) is 1.95. The quantitative estimate of drug-likeness (QED) is 0.315. The van der Waals surface area contributed by atoms with E-state index in [4.69, 9.17) is 0 Å². The first-order valence-corrected chi connectivity index (χ1v) is 10.4. The molecule has 5 rings (SSSR count). The van der Waals surface area contributed by atoms with Crippen molar-refractivity contribution in [3.8, 4) is 0 Å². The van der Waals surface area contributed by atoms with Crippen LogP contribution < -0.4 is 21.3 Å². The third-order valence-corrected chi connectivity index (χ3v) is 5.69. The number of halogens is 2. The molecular formula is C20H17BrFN7O2. The molecule has 2 aromatic heterocycles. The second-order valence-corrected chi connectivity index (χ2v) is 8.19. The Morgan fingerprint density at radius 2 is 2.10 bits per heavy atom. The molecule has 0 bridgehead atoms. The van der Waals surface area contributed by atoms with Crippen molar-refractivity contribution >= 4 is 51.2 Å². The monoisotopic (exact) mass is 485 g/mol. The third-order valence-electron chi connectivity index (χ3n) is 4.92. The Bertz CT molecular complexity index is 1250. The van der Waals surface area contributed by atoms with Crippen LogP contribution in [0.15, 0.2) is 40.6 Å². The van der Waals surface area contributed by atoms with Crippen LogP contribution in [0.3, 0.4) is 0 Å². The van der Waals surface area contributed by atoms with Gasteiger partial charge >= 0.3 is 6.03 Å². The Morgan fingerprint density at radius 1 is 1.26 bits per heavy atom. The van der Waals surface area contributed by atoms with Gasteiger partial charge in [-0.25, -0.2) is 14.2 Å². The average molecular weight is 486 g/mol. The fourth-order valence-electron chi connectivity index (χ4n) is 3.21. The third kappa shape index (κ3) is 4.08. The number of aromatic nitrogens is 3. The van der Waals surface area contributed by atoms with Crippen molar-refractivity contribution in [2.24, 2.45) is 0 Å². The van der Waals surface area contributed by atoms with Crippen LogP contribution in [0, 0.1) is 5.82 Å². The molecule has 1 aliphatic heterocycles. The number of benzene rings is 1. The zero-order valence-electron chi connectivity index (χ0n) is 16.1. The summed E-state index contributed by atoms with van der Waals surface area (Å²) in [4.78, 5) is 27.9. The SMILES string of the molecule is O=C1NC(=O)C(=Cc2cnn3c(NC4CC4)cc(NCc4cc(F)ccc4Br)nc23)N1. The van der Waals surface area contributed by atoms with Crippen LogP contribution in [-0.2, 0) is 11.3 Å². The van der Waals surface area contributed by atoms with Gasteiger partial charge in [0.25, 0.3) is 5.91 Å². The van der Waals surface area contributed by atoms with Crippen molar-refractivity contribution in [2.75, 3.05) is 10.6 Å². The molecule has 0 unspecified atom stereocenters. The molecule has 1 aliphatic carbocycles. The summed E-state index contributed by atoms with van der Waals surface area (Å²) in [6.07, 6.45) is 5.27. The highest BCUT2D eigenvalue weighted by Gasteiger charge is 2.25. The number of hydrogen-bond donors (Lipinski definition) is 4. The lowest BCUT2D eigenvalue weighted by Gasteiger charge is -2.12. The lowest BCUT2D eigenvalue weighted by molar-refractivity contribution is -0.115. The number of anilines is 2. The highest BCUT2D eigenvalue weighted by Crippen LogP contribution is 2.28. The summed E-state index contributed by atoms with van der Waals surface area (Å²) < 4.78 is 16.0. The fourth-order valence-corrected chi connectivity index (χ4v) is 3.60. The number of imide groups is 1. The normalized spacial score (nSPS) is 17.2. The van der Waals surface area contributed by atoms with E-state index in [2.05, 4.69) is 47.3 Å². The van der Waals surface area contributed by atoms with Gasteiger partial charge in [-0.05, 0) is 42.7 Å². The van der Waals surface area contributed by atoms with Gasteiger partial charge in [0.05, 0.1) is 6.20 Å². The predicted octanol–water partition coefficient (Wildman–Crippen LogP) is 3.00. The van der Waals surface area contributed by atoms with E-state index < -0.39 is 11.9 Å².